The number of anilines is 1. The van der Waals surface area contributed by atoms with Crippen LogP contribution < -0.4 is 5.73 Å². The topological polar surface area (TPSA) is 67.7 Å². The van der Waals surface area contributed by atoms with Gasteiger partial charge in [-0.05, 0) is 0 Å². The van der Waals surface area contributed by atoms with Gasteiger partial charge in [0.05, 0.1) is 6.54 Å². The van der Waals surface area contributed by atoms with Crippen LogP contribution in [-0.4, -0.2) is 36.0 Å². The van der Waals surface area contributed by atoms with Gasteiger partial charge >= 0.3 is 0 Å². The van der Waals surface area contributed by atoms with E-state index < -0.39 is 0 Å². The Balaban J connectivity index is 2.11. The molecule has 0 atom stereocenters. The molecule has 0 amide bonds. The maximum Gasteiger partial charge on any atom is 0.222 e. The molecule has 1 aliphatic heterocycles. The number of aromatic nitrogens is 1. The third-order valence-electron chi connectivity index (χ3n) is 3.03. The van der Waals surface area contributed by atoms with Crippen molar-refractivity contribution in [1.29, 1.82) is 0 Å². The van der Waals surface area contributed by atoms with Crippen molar-refractivity contribution in [3.63, 3.8) is 0 Å². The molecule has 0 fully saturated rings. The van der Waals surface area contributed by atoms with Crippen molar-refractivity contribution in [1.82, 2.24) is 10.1 Å². The van der Waals surface area contributed by atoms with E-state index in [1.165, 1.54) is 0 Å². The first-order valence-electron chi connectivity index (χ1n) is 5.83. The van der Waals surface area contributed by atoms with Crippen molar-refractivity contribution in [2.45, 2.75) is 0 Å². The van der Waals surface area contributed by atoms with Gasteiger partial charge in [0.25, 0.3) is 0 Å². The molecular weight excluding hydrogens is 228 g/mol. The second-order valence-corrected chi connectivity index (χ2v) is 4.29. The summed E-state index contributed by atoms with van der Waals surface area (Å²) < 4.78 is 4.94. The van der Waals surface area contributed by atoms with Crippen molar-refractivity contribution in [3.8, 4) is 11.3 Å². The van der Waals surface area contributed by atoms with Gasteiger partial charge in [0.15, 0.2) is 0 Å². The van der Waals surface area contributed by atoms with Gasteiger partial charge in [-0.15, -0.1) is 0 Å². The van der Waals surface area contributed by atoms with E-state index in [1.54, 1.807) is 6.07 Å². The summed E-state index contributed by atoms with van der Waals surface area (Å²) in [6.07, 6.45) is 0. The van der Waals surface area contributed by atoms with Gasteiger partial charge in [-0.3, -0.25) is 4.99 Å². The first kappa shape index (κ1) is 10.8. The van der Waals surface area contributed by atoms with Crippen LogP contribution in [0, 0.1) is 0 Å². The second-order valence-electron chi connectivity index (χ2n) is 4.29. The molecule has 92 valence electrons. The summed E-state index contributed by atoms with van der Waals surface area (Å²) in [6.45, 7) is 1.78. The minimum Gasteiger partial charge on any atom is -0.368 e. The molecule has 18 heavy (non-hydrogen) atoms. The summed E-state index contributed by atoms with van der Waals surface area (Å²) in [5, 5.41) is 3.97. The number of benzene rings is 1. The maximum atomic E-state index is 5.58. The van der Waals surface area contributed by atoms with Crippen LogP contribution in [0.1, 0.15) is 5.56 Å². The fraction of sp³-hybridized carbons (Fsp3) is 0.231. The first-order valence-corrected chi connectivity index (χ1v) is 5.83. The molecular formula is C13H14N4O. The standard InChI is InChI=1S/C13H14N4O/c1-17-7-6-15-13(17)10-5-3-2-4-9(10)11-8-12(14)18-16-11/h2-5,8H,6-7,14H2,1H3. The fourth-order valence-corrected chi connectivity index (χ4v) is 2.14. The summed E-state index contributed by atoms with van der Waals surface area (Å²) in [6, 6.07) is 9.74. The maximum absolute atomic E-state index is 5.58. The third kappa shape index (κ3) is 1.73. The molecule has 1 aromatic heterocycles. The van der Waals surface area contributed by atoms with Crippen molar-refractivity contribution in [2.24, 2.45) is 4.99 Å². The monoisotopic (exact) mass is 242 g/mol. The predicted molar refractivity (Wildman–Crippen MR) is 70.4 cm³/mol. The Labute approximate surface area is 105 Å². The van der Waals surface area contributed by atoms with Gasteiger partial charge in [0, 0.05) is 30.8 Å². The molecule has 0 unspecified atom stereocenters. The van der Waals surface area contributed by atoms with Crippen LogP contribution in [0.2, 0.25) is 0 Å². The van der Waals surface area contributed by atoms with E-state index in [0.29, 0.717) is 5.88 Å². The van der Waals surface area contributed by atoms with E-state index in [2.05, 4.69) is 15.0 Å². The van der Waals surface area contributed by atoms with Gasteiger partial charge in [-0.25, -0.2) is 0 Å². The normalized spacial score (nSPS) is 14.9. The molecule has 5 heteroatoms. The molecule has 0 radical (unpaired) electrons. The Bertz CT molecular complexity index is 603. The van der Waals surface area contributed by atoms with Crippen LogP contribution in [-0.2, 0) is 0 Å². The zero-order chi connectivity index (χ0) is 12.5. The molecule has 5 nitrogen and oxygen atoms in total. The molecule has 3 rings (SSSR count). The van der Waals surface area contributed by atoms with E-state index in [4.69, 9.17) is 10.3 Å². The van der Waals surface area contributed by atoms with Crippen LogP contribution in [0.25, 0.3) is 11.3 Å². The summed E-state index contributed by atoms with van der Waals surface area (Å²) in [5.74, 6) is 1.31. The predicted octanol–water partition coefficient (Wildman–Crippen LogP) is 1.62. The molecule has 1 aliphatic rings. The van der Waals surface area contributed by atoms with Gasteiger partial charge in [0.1, 0.15) is 11.5 Å². The highest BCUT2D eigenvalue weighted by molar-refractivity contribution is 6.04. The number of nitrogen functional groups attached to an aromatic ring is 1. The van der Waals surface area contributed by atoms with E-state index in [0.717, 1.165) is 35.7 Å². The number of amidine groups is 1. The summed E-state index contributed by atoms with van der Waals surface area (Å²) in [5.41, 5.74) is 8.37. The highest BCUT2D eigenvalue weighted by Gasteiger charge is 2.19. The quantitative estimate of drug-likeness (QED) is 0.868. The highest BCUT2D eigenvalue weighted by Crippen LogP contribution is 2.26. The molecule has 1 aromatic carbocycles. The van der Waals surface area contributed by atoms with Crippen molar-refractivity contribution in [2.75, 3.05) is 25.9 Å². The lowest BCUT2D eigenvalue weighted by molar-refractivity contribution is 0.439. The molecule has 0 bridgehead atoms. The molecule has 0 aliphatic carbocycles. The highest BCUT2D eigenvalue weighted by atomic mass is 16.5. The molecule has 2 aromatic rings. The van der Waals surface area contributed by atoms with Gasteiger partial charge in [-0.1, -0.05) is 29.4 Å². The number of hydrogen-bond acceptors (Lipinski definition) is 5. The zero-order valence-electron chi connectivity index (χ0n) is 10.1. The molecule has 0 spiro atoms. The van der Waals surface area contributed by atoms with E-state index in [1.807, 2.05) is 31.3 Å². The summed E-state index contributed by atoms with van der Waals surface area (Å²) in [7, 11) is 2.04. The third-order valence-corrected chi connectivity index (χ3v) is 3.03. The molecule has 0 saturated carbocycles. The van der Waals surface area contributed by atoms with Gasteiger partial charge < -0.3 is 15.2 Å². The Morgan fingerprint density at radius 3 is 2.67 bits per heavy atom. The summed E-state index contributed by atoms with van der Waals surface area (Å²) in [4.78, 5) is 6.67. The fourth-order valence-electron chi connectivity index (χ4n) is 2.14. The largest absolute Gasteiger partial charge is 0.368 e. The Morgan fingerprint density at radius 1 is 1.28 bits per heavy atom. The van der Waals surface area contributed by atoms with Gasteiger partial charge in [-0.2, -0.15) is 0 Å². The Kier molecular flexibility index (Phi) is 2.51. The van der Waals surface area contributed by atoms with Crippen LogP contribution in [0.15, 0.2) is 39.8 Å². The lowest BCUT2D eigenvalue weighted by atomic mass is 10.0. The second kappa shape index (κ2) is 4.18. The minimum atomic E-state index is 0.321. The lowest BCUT2D eigenvalue weighted by Crippen LogP contribution is -2.23. The Hall–Kier alpha value is -2.30. The summed E-state index contributed by atoms with van der Waals surface area (Å²) >= 11 is 0. The van der Waals surface area contributed by atoms with Crippen LogP contribution in [0.3, 0.4) is 0 Å². The zero-order valence-corrected chi connectivity index (χ0v) is 10.1. The number of nitrogens with zero attached hydrogens (tertiary/aromatic N) is 3. The average molecular weight is 242 g/mol. The van der Waals surface area contributed by atoms with Gasteiger partial charge in [0.2, 0.25) is 5.88 Å². The molecule has 2 heterocycles. The number of rotatable bonds is 2. The number of nitrogens with two attached hydrogens (primary N) is 1. The van der Waals surface area contributed by atoms with Crippen molar-refractivity contribution < 1.29 is 4.52 Å². The molecule has 2 N–H and O–H groups in total. The van der Waals surface area contributed by atoms with Crippen LogP contribution >= 0.6 is 0 Å². The smallest absolute Gasteiger partial charge is 0.222 e. The van der Waals surface area contributed by atoms with Crippen molar-refractivity contribution >= 4 is 11.7 Å². The van der Waals surface area contributed by atoms with E-state index in [9.17, 15) is 0 Å². The van der Waals surface area contributed by atoms with Crippen LogP contribution in [0.4, 0.5) is 5.88 Å². The van der Waals surface area contributed by atoms with E-state index in [-0.39, 0.29) is 0 Å². The Morgan fingerprint density at radius 2 is 2.06 bits per heavy atom. The van der Waals surface area contributed by atoms with Crippen molar-refractivity contribution in [3.05, 3.63) is 35.9 Å². The first-order chi connectivity index (χ1) is 8.75. The molecule has 0 saturated heterocycles. The SMILES string of the molecule is CN1CCN=C1c1ccccc1-c1cc(N)on1. The number of aliphatic imine (C=N–C) groups is 1. The lowest BCUT2D eigenvalue weighted by Gasteiger charge is -2.15. The van der Waals surface area contributed by atoms with E-state index >= 15 is 0 Å². The number of likely N-dealkylation sites (N-methyl/N-ethyl adjacent to an activating group) is 1. The minimum absolute atomic E-state index is 0.321. The average Bonchev–Trinajstić information content (AvgIpc) is 2.98. The van der Waals surface area contributed by atoms with Crippen LogP contribution in [0.5, 0.6) is 0 Å². The number of hydrogen-bond donors (Lipinski definition) is 1.